The smallest absolute Gasteiger partial charge is 0.435 e. The second-order valence-electron chi connectivity index (χ2n) is 9.77. The zero-order valence-electron chi connectivity index (χ0n) is 18.5. The first kappa shape index (κ1) is 22.7. The van der Waals surface area contributed by atoms with Gasteiger partial charge in [0.15, 0.2) is 8.32 Å². The maximum Gasteiger partial charge on any atom is 0.435 e. The van der Waals surface area contributed by atoms with Gasteiger partial charge in [-0.2, -0.15) is 5.06 Å². The molecule has 0 aliphatic carbocycles. The highest BCUT2D eigenvalue weighted by molar-refractivity contribution is 6.74. The summed E-state index contributed by atoms with van der Waals surface area (Å²) in [5, 5.41) is 1.42. The summed E-state index contributed by atoms with van der Waals surface area (Å²) in [6, 6.07) is 9.50. The zero-order valence-corrected chi connectivity index (χ0v) is 19.5. The van der Waals surface area contributed by atoms with Gasteiger partial charge >= 0.3 is 6.09 Å². The molecule has 0 radical (unpaired) electrons. The van der Waals surface area contributed by atoms with Crippen molar-refractivity contribution in [2.45, 2.75) is 77.4 Å². The Labute approximate surface area is 170 Å². The first-order chi connectivity index (χ1) is 12.8. The number of hydroxylamine groups is 2. The molecule has 2 atom stereocenters. The minimum absolute atomic E-state index is 0.0928. The summed E-state index contributed by atoms with van der Waals surface area (Å²) in [6.07, 6.45) is 3.13. The van der Waals surface area contributed by atoms with Gasteiger partial charge in [0.25, 0.3) is 0 Å². The third-order valence-corrected chi connectivity index (χ3v) is 9.66. The maximum atomic E-state index is 12.8. The molecular weight excluding hydrogens is 370 g/mol. The second-order valence-corrected chi connectivity index (χ2v) is 14.6. The molecular formula is C22H35NO4Si. The van der Waals surface area contributed by atoms with Gasteiger partial charge in [0.2, 0.25) is 0 Å². The van der Waals surface area contributed by atoms with Crippen LogP contribution in [0.5, 0.6) is 0 Å². The van der Waals surface area contributed by atoms with Crippen molar-refractivity contribution in [2.24, 2.45) is 0 Å². The van der Waals surface area contributed by atoms with Gasteiger partial charge in [-0.05, 0) is 44.5 Å². The monoisotopic (exact) mass is 405 g/mol. The van der Waals surface area contributed by atoms with E-state index in [-0.39, 0.29) is 17.2 Å². The molecule has 156 valence electrons. The van der Waals surface area contributed by atoms with Crippen LogP contribution in [0.15, 0.2) is 42.5 Å². The van der Waals surface area contributed by atoms with Crippen LogP contribution in [0.25, 0.3) is 0 Å². The quantitative estimate of drug-likeness (QED) is 0.465. The normalized spacial score (nSPS) is 20.9. The van der Waals surface area contributed by atoms with Gasteiger partial charge in [0.1, 0.15) is 17.7 Å². The van der Waals surface area contributed by atoms with Crippen molar-refractivity contribution in [3.63, 3.8) is 0 Å². The average molecular weight is 406 g/mol. The number of hydrogen-bond acceptors (Lipinski definition) is 4. The highest BCUT2D eigenvalue weighted by Crippen LogP contribution is 2.37. The van der Waals surface area contributed by atoms with Gasteiger partial charge in [-0.15, -0.1) is 0 Å². The number of carbonyl (C=O) groups is 1. The molecule has 1 aromatic rings. The van der Waals surface area contributed by atoms with Crippen LogP contribution in [-0.2, 0) is 14.0 Å². The molecule has 1 aliphatic heterocycles. The highest BCUT2D eigenvalue weighted by atomic mass is 28.4. The van der Waals surface area contributed by atoms with E-state index in [0.29, 0.717) is 6.61 Å². The molecule has 6 heteroatoms. The third-order valence-electron chi connectivity index (χ3n) is 5.16. The Morgan fingerprint density at radius 1 is 1.07 bits per heavy atom. The molecule has 0 bridgehead atoms. The summed E-state index contributed by atoms with van der Waals surface area (Å²) in [4.78, 5) is 18.9. The number of benzene rings is 1. The molecule has 1 aromatic carbocycles. The number of hydrogen-bond donors (Lipinski definition) is 0. The van der Waals surface area contributed by atoms with Crippen molar-refractivity contribution in [1.82, 2.24) is 5.06 Å². The fraction of sp³-hybridized carbons (Fsp3) is 0.591. The number of nitrogens with zero attached hydrogens (tertiary/aromatic N) is 1. The first-order valence-corrected chi connectivity index (χ1v) is 12.8. The Morgan fingerprint density at radius 2 is 1.68 bits per heavy atom. The van der Waals surface area contributed by atoms with Gasteiger partial charge in [0, 0.05) is 0 Å². The minimum atomic E-state index is -1.95. The van der Waals surface area contributed by atoms with Crippen LogP contribution in [0.1, 0.15) is 53.2 Å². The molecule has 0 N–H and O–H groups in total. The summed E-state index contributed by atoms with van der Waals surface area (Å²) in [7, 11) is -1.95. The molecule has 0 fully saturated rings. The van der Waals surface area contributed by atoms with E-state index in [4.69, 9.17) is 14.0 Å². The van der Waals surface area contributed by atoms with Gasteiger partial charge in [-0.25, -0.2) is 4.79 Å². The van der Waals surface area contributed by atoms with Crippen LogP contribution in [0.2, 0.25) is 18.1 Å². The number of ether oxygens (including phenoxy) is 1. The van der Waals surface area contributed by atoms with E-state index in [1.165, 1.54) is 5.06 Å². The Morgan fingerprint density at radius 3 is 2.21 bits per heavy atom. The largest absolute Gasteiger partial charge is 0.442 e. The summed E-state index contributed by atoms with van der Waals surface area (Å²) >= 11 is 0. The van der Waals surface area contributed by atoms with Crippen LogP contribution in [0.4, 0.5) is 4.79 Å². The Hall–Kier alpha value is -1.63. The van der Waals surface area contributed by atoms with E-state index in [9.17, 15) is 4.79 Å². The molecule has 0 spiro atoms. The molecule has 0 saturated heterocycles. The molecule has 1 aliphatic rings. The summed E-state index contributed by atoms with van der Waals surface area (Å²) in [6.45, 7) is 16.9. The van der Waals surface area contributed by atoms with Crippen molar-refractivity contribution < 1.29 is 18.8 Å². The molecule has 0 aromatic heterocycles. The van der Waals surface area contributed by atoms with Crippen molar-refractivity contribution in [2.75, 3.05) is 6.61 Å². The molecule has 0 saturated carbocycles. The predicted octanol–water partition coefficient (Wildman–Crippen LogP) is 5.86. The highest BCUT2D eigenvalue weighted by Gasteiger charge is 2.40. The van der Waals surface area contributed by atoms with E-state index >= 15 is 0 Å². The van der Waals surface area contributed by atoms with E-state index in [0.717, 1.165) is 5.56 Å². The number of rotatable bonds is 4. The van der Waals surface area contributed by atoms with Crippen molar-refractivity contribution in [3.8, 4) is 0 Å². The zero-order chi connectivity index (χ0) is 21.2. The molecule has 5 nitrogen and oxygen atoms in total. The van der Waals surface area contributed by atoms with Crippen LogP contribution in [0, 0.1) is 0 Å². The molecule has 0 unspecified atom stereocenters. The van der Waals surface area contributed by atoms with E-state index < -0.39 is 20.0 Å². The van der Waals surface area contributed by atoms with E-state index in [2.05, 4.69) is 33.9 Å². The third kappa shape index (κ3) is 5.93. The lowest BCUT2D eigenvalue weighted by Gasteiger charge is -2.40. The number of carbonyl (C=O) groups excluding carboxylic acids is 1. The van der Waals surface area contributed by atoms with Crippen LogP contribution in [0.3, 0.4) is 0 Å². The summed E-state index contributed by atoms with van der Waals surface area (Å²) < 4.78 is 11.9. The average Bonchev–Trinajstić information content (AvgIpc) is 2.58. The van der Waals surface area contributed by atoms with Crippen LogP contribution >= 0.6 is 0 Å². The van der Waals surface area contributed by atoms with Gasteiger partial charge in [0.05, 0.1) is 6.61 Å². The Kier molecular flexibility index (Phi) is 6.79. The lowest BCUT2D eigenvalue weighted by Crippen LogP contribution is -2.50. The standard InChI is InChI=1S/C22H35NO4Si/c1-21(2,3)26-20(24)23-18(16-25-28(7,8)22(4,5)6)14-15-19(27-23)17-12-10-9-11-13-17/h9-15,18-19H,16H2,1-8H3/t18-,19+/m0/s1. The van der Waals surface area contributed by atoms with E-state index in [1.54, 1.807) is 0 Å². The van der Waals surface area contributed by atoms with Crippen molar-refractivity contribution in [3.05, 3.63) is 48.0 Å². The Bertz CT molecular complexity index is 689. The molecule has 1 heterocycles. The second kappa shape index (κ2) is 8.39. The van der Waals surface area contributed by atoms with Crippen LogP contribution in [-0.4, -0.2) is 37.7 Å². The van der Waals surface area contributed by atoms with E-state index in [1.807, 2.05) is 63.3 Å². The van der Waals surface area contributed by atoms with Gasteiger partial charge in [-0.3, -0.25) is 4.84 Å². The van der Waals surface area contributed by atoms with Crippen molar-refractivity contribution in [1.29, 1.82) is 0 Å². The molecule has 1 amide bonds. The molecule has 28 heavy (non-hydrogen) atoms. The van der Waals surface area contributed by atoms with Gasteiger partial charge in [-0.1, -0.05) is 63.3 Å². The van der Waals surface area contributed by atoms with Crippen LogP contribution < -0.4 is 0 Å². The van der Waals surface area contributed by atoms with Crippen molar-refractivity contribution >= 4 is 14.4 Å². The maximum absolute atomic E-state index is 12.8. The lowest BCUT2D eigenvalue weighted by atomic mass is 10.1. The number of amides is 1. The lowest BCUT2D eigenvalue weighted by molar-refractivity contribution is -0.196. The SMILES string of the molecule is CC(C)(C)OC(=O)N1O[C@@H](c2ccccc2)C=C[C@H]1CO[Si](C)(C)C(C)(C)C. The molecule has 2 rings (SSSR count). The fourth-order valence-electron chi connectivity index (χ4n) is 2.48. The minimum Gasteiger partial charge on any atom is -0.442 e. The summed E-state index contributed by atoms with van der Waals surface area (Å²) in [5.41, 5.74) is 0.380. The Balaban J connectivity index is 2.21. The van der Waals surface area contributed by atoms with Gasteiger partial charge < -0.3 is 9.16 Å². The summed E-state index contributed by atoms with van der Waals surface area (Å²) in [5.74, 6) is 0. The first-order valence-electron chi connectivity index (χ1n) is 9.86. The predicted molar refractivity (Wildman–Crippen MR) is 114 cm³/mol. The topological polar surface area (TPSA) is 48.0 Å². The fourth-order valence-corrected chi connectivity index (χ4v) is 3.50.